The third-order valence-electron chi connectivity index (χ3n) is 12.2. The summed E-state index contributed by atoms with van der Waals surface area (Å²) in [7, 11) is 0. The third kappa shape index (κ3) is 3.95. The molecule has 1 aliphatic heterocycles. The van der Waals surface area contributed by atoms with E-state index in [1.807, 2.05) is 0 Å². The summed E-state index contributed by atoms with van der Waals surface area (Å²) in [6.45, 7) is 0. The normalized spacial score (nSPS) is 14.5. The Bertz CT molecular complexity index is 3610. The Morgan fingerprint density at radius 2 is 1.02 bits per heavy atom. The lowest BCUT2D eigenvalue weighted by Gasteiger charge is -2.28. The maximum atomic E-state index is 5.69. The number of fused-ring (bicyclic) bond motifs is 15. The quantitative estimate of drug-likeness (QED) is 0.194. The number of benzene rings is 9. The average molecular weight is 713 g/mol. The Kier molecular flexibility index (Phi) is 5.92. The Balaban J connectivity index is 1.18. The van der Waals surface area contributed by atoms with Gasteiger partial charge in [-0.25, -0.2) is 4.99 Å². The van der Waals surface area contributed by atoms with Crippen LogP contribution in [-0.2, 0) is 0 Å². The van der Waals surface area contributed by atoms with E-state index >= 15 is 0 Å². The van der Waals surface area contributed by atoms with E-state index in [1.165, 1.54) is 87.1 Å². The molecule has 13 rings (SSSR count). The lowest BCUT2D eigenvalue weighted by molar-refractivity contribution is 0.625. The van der Waals surface area contributed by atoms with E-state index in [-0.39, 0.29) is 0 Å². The van der Waals surface area contributed by atoms with Crippen molar-refractivity contribution in [2.45, 2.75) is 6.29 Å². The van der Waals surface area contributed by atoms with Gasteiger partial charge in [-0.1, -0.05) is 158 Å². The molecule has 0 spiro atoms. The smallest absolute Gasteiger partial charge is 0.201 e. The summed E-state index contributed by atoms with van der Waals surface area (Å²) < 4.78 is 5.05. The number of anilines is 1. The summed E-state index contributed by atoms with van der Waals surface area (Å²) >= 11 is 0. The summed E-state index contributed by atoms with van der Waals surface area (Å²) in [6, 6.07) is 66.3. The molecule has 0 amide bonds. The van der Waals surface area contributed by atoms with Gasteiger partial charge in [0.25, 0.3) is 0 Å². The first kappa shape index (κ1) is 30.0. The molecule has 9 aromatic carbocycles. The first-order chi connectivity index (χ1) is 27.8. The van der Waals surface area contributed by atoms with Crippen LogP contribution in [0, 0.1) is 0 Å². The van der Waals surface area contributed by atoms with Gasteiger partial charge in [-0.05, 0) is 56.9 Å². The van der Waals surface area contributed by atoms with Crippen molar-refractivity contribution in [2.75, 3.05) is 5.32 Å². The zero-order valence-electron chi connectivity index (χ0n) is 30.2. The number of para-hydroxylation sites is 3. The summed E-state index contributed by atoms with van der Waals surface area (Å²) in [5.74, 6) is 0. The van der Waals surface area contributed by atoms with Crippen LogP contribution in [0.15, 0.2) is 187 Å². The standard InChI is InChI=1S/C52H32N4/c1-2-13-31(14-3-1)32-25-27-33(28-26-32)48-39-19-8-10-23-43(39)53-52(54-48)56-44-24-11-9-20-40(44)46-36-17-6-7-18-37(36)47-41-22-12-21-38-42-29-34-15-4-5-16-35(34)30-45(42)55(49(38)41)50(47)51(46)56/h1-30,52-53H. The monoisotopic (exact) mass is 712 g/mol. The average Bonchev–Trinajstić information content (AvgIpc) is 3.91. The molecular weight excluding hydrogens is 681 g/mol. The van der Waals surface area contributed by atoms with E-state index in [2.05, 4.69) is 196 Å². The molecule has 260 valence electrons. The van der Waals surface area contributed by atoms with Gasteiger partial charge < -0.3 is 9.72 Å². The minimum absolute atomic E-state index is 0.414. The molecule has 4 nitrogen and oxygen atoms in total. The molecule has 0 bridgehead atoms. The highest BCUT2D eigenvalue weighted by molar-refractivity contribution is 6.39. The second kappa shape index (κ2) is 11.1. The van der Waals surface area contributed by atoms with Crippen molar-refractivity contribution < 1.29 is 0 Å². The fourth-order valence-electron chi connectivity index (χ4n) is 9.85. The fraction of sp³-hybridized carbons (Fsp3) is 0.0192. The van der Waals surface area contributed by atoms with Crippen molar-refractivity contribution in [3.8, 4) is 11.1 Å². The SMILES string of the molecule is c1ccc(-c2ccc(C3=NC(n4c5ccccc5c5c6ccccc6c6c7cccc8c9cc%10ccccc%10cc9n(c87)c6c54)Nc4ccccc43)cc2)cc1. The molecule has 1 N–H and O–H groups in total. The van der Waals surface area contributed by atoms with Gasteiger partial charge >= 0.3 is 0 Å². The molecule has 1 atom stereocenters. The van der Waals surface area contributed by atoms with Crippen molar-refractivity contribution in [3.05, 3.63) is 193 Å². The van der Waals surface area contributed by atoms with Crippen molar-refractivity contribution >= 4 is 92.8 Å². The first-order valence-electron chi connectivity index (χ1n) is 19.3. The van der Waals surface area contributed by atoms with Gasteiger partial charge in [0.05, 0.1) is 33.3 Å². The number of nitrogens with zero attached hydrogens (tertiary/aromatic N) is 3. The molecule has 4 heterocycles. The van der Waals surface area contributed by atoms with E-state index in [0.717, 1.165) is 28.0 Å². The van der Waals surface area contributed by atoms with Crippen LogP contribution in [0.4, 0.5) is 5.69 Å². The maximum absolute atomic E-state index is 5.69. The van der Waals surface area contributed by atoms with Gasteiger partial charge in [0.15, 0.2) is 0 Å². The Hall–Kier alpha value is -7.43. The largest absolute Gasteiger partial charge is 0.346 e. The fourth-order valence-corrected chi connectivity index (χ4v) is 9.85. The Morgan fingerprint density at radius 3 is 1.84 bits per heavy atom. The van der Waals surface area contributed by atoms with Crippen molar-refractivity contribution in [1.29, 1.82) is 0 Å². The van der Waals surface area contributed by atoms with Crippen LogP contribution >= 0.6 is 0 Å². The van der Waals surface area contributed by atoms with Crippen LogP contribution in [0.2, 0.25) is 0 Å². The van der Waals surface area contributed by atoms with Gasteiger partial charge in [0, 0.05) is 49.1 Å². The van der Waals surface area contributed by atoms with Crippen LogP contribution < -0.4 is 5.32 Å². The molecule has 56 heavy (non-hydrogen) atoms. The molecule has 1 unspecified atom stereocenters. The first-order valence-corrected chi connectivity index (χ1v) is 19.3. The highest BCUT2D eigenvalue weighted by Gasteiger charge is 2.30. The predicted octanol–water partition coefficient (Wildman–Crippen LogP) is 13.3. The topological polar surface area (TPSA) is 33.7 Å². The summed E-state index contributed by atoms with van der Waals surface area (Å²) in [5, 5.41) is 16.5. The second-order valence-electron chi connectivity index (χ2n) is 15.1. The van der Waals surface area contributed by atoms with Gasteiger partial charge in [-0.15, -0.1) is 0 Å². The van der Waals surface area contributed by atoms with Crippen LogP contribution in [0.25, 0.3) is 92.6 Å². The van der Waals surface area contributed by atoms with E-state index < -0.39 is 6.29 Å². The molecule has 0 radical (unpaired) electrons. The third-order valence-corrected chi connectivity index (χ3v) is 12.2. The van der Waals surface area contributed by atoms with Gasteiger partial charge in [-0.3, -0.25) is 4.57 Å². The van der Waals surface area contributed by atoms with Crippen LogP contribution in [-0.4, -0.2) is 14.7 Å². The lowest BCUT2D eigenvalue weighted by atomic mass is 9.96. The zero-order valence-corrected chi connectivity index (χ0v) is 30.2. The molecule has 0 saturated carbocycles. The van der Waals surface area contributed by atoms with Crippen molar-refractivity contribution in [3.63, 3.8) is 0 Å². The predicted molar refractivity (Wildman–Crippen MR) is 236 cm³/mol. The molecule has 3 aromatic heterocycles. The molecule has 12 aromatic rings. The van der Waals surface area contributed by atoms with Crippen molar-refractivity contribution in [1.82, 2.24) is 8.97 Å². The number of rotatable bonds is 3. The van der Waals surface area contributed by atoms with E-state index in [4.69, 9.17) is 4.99 Å². The minimum Gasteiger partial charge on any atom is -0.346 e. The number of nitrogens with one attached hydrogen (secondary N) is 1. The summed E-state index contributed by atoms with van der Waals surface area (Å²) in [5.41, 5.74) is 12.7. The second-order valence-corrected chi connectivity index (χ2v) is 15.1. The molecule has 4 heteroatoms. The number of aromatic nitrogens is 2. The number of aliphatic imine (C=N–C) groups is 1. The van der Waals surface area contributed by atoms with E-state index in [9.17, 15) is 0 Å². The Morgan fingerprint density at radius 1 is 0.411 bits per heavy atom. The van der Waals surface area contributed by atoms with Gasteiger partial charge in [0.2, 0.25) is 6.29 Å². The summed E-state index contributed by atoms with van der Waals surface area (Å²) in [4.78, 5) is 5.69. The zero-order chi connectivity index (χ0) is 36.5. The van der Waals surface area contributed by atoms with Crippen LogP contribution in [0.3, 0.4) is 0 Å². The van der Waals surface area contributed by atoms with Gasteiger partial charge in [0.1, 0.15) is 0 Å². The van der Waals surface area contributed by atoms with Crippen molar-refractivity contribution in [2.24, 2.45) is 4.99 Å². The van der Waals surface area contributed by atoms with Gasteiger partial charge in [-0.2, -0.15) is 0 Å². The lowest BCUT2D eigenvalue weighted by Crippen LogP contribution is -2.25. The minimum atomic E-state index is -0.414. The molecular formula is C52H32N4. The number of hydrogen-bond acceptors (Lipinski definition) is 2. The van der Waals surface area contributed by atoms with E-state index in [0.29, 0.717) is 0 Å². The number of hydrogen-bond donors (Lipinski definition) is 1. The maximum Gasteiger partial charge on any atom is 0.201 e. The molecule has 0 saturated heterocycles. The molecule has 1 aliphatic rings. The highest BCUT2D eigenvalue weighted by atomic mass is 15.3. The van der Waals surface area contributed by atoms with Crippen LogP contribution in [0.1, 0.15) is 17.4 Å². The highest BCUT2D eigenvalue weighted by Crippen LogP contribution is 2.49. The molecule has 0 fully saturated rings. The molecule has 0 aliphatic carbocycles. The summed E-state index contributed by atoms with van der Waals surface area (Å²) in [6.07, 6.45) is -0.414. The van der Waals surface area contributed by atoms with E-state index in [1.54, 1.807) is 0 Å². The van der Waals surface area contributed by atoms with Crippen LogP contribution in [0.5, 0.6) is 0 Å². The Labute approximate surface area is 321 Å².